The normalized spacial score (nSPS) is 13.7. The number of rotatable bonds is 5. The molecule has 0 saturated carbocycles. The Bertz CT molecular complexity index is 439. The number of nitriles is 1. The lowest BCUT2D eigenvalue weighted by molar-refractivity contribution is -0.109. The van der Waals surface area contributed by atoms with Crippen LogP contribution in [0.15, 0.2) is 24.3 Å². The summed E-state index contributed by atoms with van der Waals surface area (Å²) >= 11 is 1.13. The molecule has 2 N–H and O–H groups in total. The van der Waals surface area contributed by atoms with Crippen molar-refractivity contribution in [1.29, 1.82) is 5.26 Å². The Labute approximate surface area is 110 Å². The molecule has 1 rings (SSSR count). The van der Waals surface area contributed by atoms with Crippen molar-refractivity contribution in [3.63, 3.8) is 0 Å². The second-order valence-electron chi connectivity index (χ2n) is 3.87. The average Bonchev–Trinajstić information content (AvgIpc) is 2.37. The van der Waals surface area contributed by atoms with Gasteiger partial charge in [-0.05, 0) is 24.1 Å². The third kappa shape index (κ3) is 4.49. The van der Waals surface area contributed by atoms with E-state index in [2.05, 4.69) is 0 Å². The van der Waals surface area contributed by atoms with Crippen LogP contribution >= 0.6 is 11.8 Å². The minimum absolute atomic E-state index is 0.00457. The molecule has 0 bridgehead atoms. The minimum Gasteiger partial charge on any atom is -0.390 e. The summed E-state index contributed by atoms with van der Waals surface area (Å²) < 4.78 is 0. The molecule has 2 atom stereocenters. The van der Waals surface area contributed by atoms with E-state index in [1.54, 1.807) is 24.3 Å². The van der Waals surface area contributed by atoms with Crippen LogP contribution in [0.3, 0.4) is 0 Å². The Morgan fingerprint density at radius 2 is 2.00 bits per heavy atom. The Morgan fingerprint density at radius 3 is 2.50 bits per heavy atom. The molecule has 0 fully saturated rings. The predicted molar refractivity (Wildman–Crippen MR) is 69.9 cm³/mol. The predicted octanol–water partition coefficient (Wildman–Crippen LogP) is 1.62. The minimum atomic E-state index is -0.995. The monoisotopic (exact) mass is 265 g/mol. The molecule has 18 heavy (non-hydrogen) atoms. The first-order chi connectivity index (χ1) is 8.54. The molecular weight excluding hydrogens is 250 g/mol. The highest BCUT2D eigenvalue weighted by Crippen LogP contribution is 2.20. The fourth-order valence-electron chi connectivity index (χ4n) is 1.46. The van der Waals surface area contributed by atoms with Crippen LogP contribution in [0.2, 0.25) is 0 Å². The number of carbonyl (C=O) groups excluding carboxylic acids is 1. The second-order valence-corrected chi connectivity index (χ2v) is 5.15. The summed E-state index contributed by atoms with van der Waals surface area (Å²) in [5.41, 5.74) is 1.07. The van der Waals surface area contributed by atoms with Crippen molar-refractivity contribution >= 4 is 16.9 Å². The zero-order valence-electron chi connectivity index (χ0n) is 10.0. The summed E-state index contributed by atoms with van der Waals surface area (Å²) in [7, 11) is 0. The van der Waals surface area contributed by atoms with Crippen molar-refractivity contribution in [2.24, 2.45) is 0 Å². The maximum Gasteiger partial charge on any atom is 0.185 e. The van der Waals surface area contributed by atoms with Gasteiger partial charge in [0.25, 0.3) is 0 Å². The fourth-order valence-corrected chi connectivity index (χ4v) is 2.11. The van der Waals surface area contributed by atoms with E-state index in [4.69, 9.17) is 5.26 Å². The summed E-state index contributed by atoms with van der Waals surface area (Å²) in [5.74, 6) is 0.476. The van der Waals surface area contributed by atoms with Gasteiger partial charge in [-0.1, -0.05) is 23.9 Å². The average molecular weight is 265 g/mol. The molecule has 1 aromatic rings. The van der Waals surface area contributed by atoms with Crippen LogP contribution in [0, 0.1) is 11.3 Å². The number of carbonyl (C=O) groups is 1. The molecule has 0 aliphatic carbocycles. The van der Waals surface area contributed by atoms with Gasteiger partial charge in [-0.25, -0.2) is 0 Å². The molecule has 0 aliphatic rings. The fraction of sp³-hybridized carbons (Fsp3) is 0.385. The topological polar surface area (TPSA) is 81.3 Å². The lowest BCUT2D eigenvalue weighted by Gasteiger charge is -2.17. The van der Waals surface area contributed by atoms with Gasteiger partial charge >= 0.3 is 0 Å². The molecule has 0 spiro atoms. The molecule has 0 heterocycles. The van der Waals surface area contributed by atoms with Crippen molar-refractivity contribution in [3.8, 4) is 6.07 Å². The quantitative estimate of drug-likeness (QED) is 0.845. The van der Waals surface area contributed by atoms with E-state index in [1.807, 2.05) is 6.07 Å². The Hall–Kier alpha value is -1.35. The van der Waals surface area contributed by atoms with E-state index in [1.165, 1.54) is 6.92 Å². The lowest BCUT2D eigenvalue weighted by atomic mass is 10.0. The van der Waals surface area contributed by atoms with E-state index in [-0.39, 0.29) is 5.12 Å². The Balaban J connectivity index is 2.54. The molecule has 1 aromatic carbocycles. The first-order valence-electron chi connectivity index (χ1n) is 5.54. The van der Waals surface area contributed by atoms with Crippen LogP contribution < -0.4 is 0 Å². The highest BCUT2D eigenvalue weighted by atomic mass is 32.2. The highest BCUT2D eigenvalue weighted by molar-refractivity contribution is 8.13. The van der Waals surface area contributed by atoms with Crippen molar-refractivity contribution in [3.05, 3.63) is 35.4 Å². The van der Waals surface area contributed by atoms with Crippen molar-refractivity contribution < 1.29 is 15.0 Å². The van der Waals surface area contributed by atoms with Gasteiger partial charge < -0.3 is 10.2 Å². The van der Waals surface area contributed by atoms with Crippen LogP contribution in [0.25, 0.3) is 0 Å². The van der Waals surface area contributed by atoms with Crippen LogP contribution in [0.1, 0.15) is 30.6 Å². The largest absolute Gasteiger partial charge is 0.390 e. The summed E-state index contributed by atoms with van der Waals surface area (Å²) in [6, 6.07) is 8.40. The number of aliphatic hydroxyl groups excluding tert-OH is 2. The lowest BCUT2D eigenvalue weighted by Crippen LogP contribution is -2.19. The Morgan fingerprint density at radius 1 is 1.39 bits per heavy atom. The highest BCUT2D eigenvalue weighted by Gasteiger charge is 2.18. The van der Waals surface area contributed by atoms with Gasteiger partial charge in [-0.15, -0.1) is 0 Å². The summed E-state index contributed by atoms with van der Waals surface area (Å²) in [6.07, 6.45) is -1.57. The van der Waals surface area contributed by atoms with Crippen molar-refractivity contribution in [2.45, 2.75) is 25.6 Å². The van der Waals surface area contributed by atoms with Gasteiger partial charge in [0, 0.05) is 12.7 Å². The van der Waals surface area contributed by atoms with E-state index < -0.39 is 12.2 Å². The molecule has 96 valence electrons. The smallest absolute Gasteiger partial charge is 0.185 e. The molecule has 2 unspecified atom stereocenters. The number of nitrogens with zero attached hydrogens (tertiary/aromatic N) is 1. The summed E-state index contributed by atoms with van der Waals surface area (Å²) in [6.45, 7) is 1.47. The molecule has 0 radical (unpaired) electrons. The van der Waals surface area contributed by atoms with Crippen molar-refractivity contribution in [2.75, 3.05) is 5.75 Å². The zero-order valence-corrected chi connectivity index (χ0v) is 10.9. The standard InChI is InChI=1S/C13H15NO3S/c1-9(15)18-7-6-12(16)13(17)11-4-2-10(8-14)3-5-11/h2-5,12-13,16-17H,6-7H2,1H3. The van der Waals surface area contributed by atoms with Gasteiger partial charge in [0.1, 0.15) is 6.10 Å². The molecule has 0 amide bonds. The summed E-state index contributed by atoms with van der Waals surface area (Å²) in [4.78, 5) is 10.7. The van der Waals surface area contributed by atoms with Gasteiger partial charge in [-0.3, -0.25) is 4.79 Å². The third-order valence-electron chi connectivity index (χ3n) is 2.46. The van der Waals surface area contributed by atoms with Crippen LogP contribution in [-0.2, 0) is 4.79 Å². The number of hydrogen-bond donors (Lipinski definition) is 2. The van der Waals surface area contributed by atoms with E-state index >= 15 is 0 Å². The molecule has 0 aliphatic heterocycles. The summed E-state index contributed by atoms with van der Waals surface area (Å²) in [5, 5.41) is 28.3. The van der Waals surface area contributed by atoms with E-state index in [0.29, 0.717) is 23.3 Å². The van der Waals surface area contributed by atoms with Crippen LogP contribution in [0.5, 0.6) is 0 Å². The molecule has 0 aromatic heterocycles. The van der Waals surface area contributed by atoms with Gasteiger partial charge in [0.15, 0.2) is 5.12 Å². The number of thioether (sulfide) groups is 1. The zero-order chi connectivity index (χ0) is 13.5. The van der Waals surface area contributed by atoms with Crippen LogP contribution in [0.4, 0.5) is 0 Å². The van der Waals surface area contributed by atoms with Crippen molar-refractivity contribution in [1.82, 2.24) is 0 Å². The van der Waals surface area contributed by atoms with Gasteiger partial charge in [-0.2, -0.15) is 5.26 Å². The molecular formula is C13H15NO3S. The van der Waals surface area contributed by atoms with Gasteiger partial charge in [0.2, 0.25) is 0 Å². The second kappa shape index (κ2) is 7.17. The first kappa shape index (κ1) is 14.7. The molecule has 5 heteroatoms. The molecule has 0 saturated heterocycles. The maximum absolute atomic E-state index is 10.7. The number of hydrogen-bond acceptors (Lipinski definition) is 5. The number of aliphatic hydroxyl groups is 2. The van der Waals surface area contributed by atoms with E-state index in [0.717, 1.165) is 11.8 Å². The van der Waals surface area contributed by atoms with E-state index in [9.17, 15) is 15.0 Å². The SMILES string of the molecule is CC(=O)SCCC(O)C(O)c1ccc(C#N)cc1. The Kier molecular flexibility index (Phi) is 5.86. The first-order valence-corrected chi connectivity index (χ1v) is 6.52. The molecule has 4 nitrogen and oxygen atoms in total. The maximum atomic E-state index is 10.7. The van der Waals surface area contributed by atoms with Crippen LogP contribution in [-0.4, -0.2) is 27.2 Å². The van der Waals surface area contributed by atoms with Gasteiger partial charge in [0.05, 0.1) is 17.7 Å². The third-order valence-corrected chi connectivity index (χ3v) is 3.31. The number of benzene rings is 1.